The zero-order valence-electron chi connectivity index (χ0n) is 40.4. The number of rotatable bonds is 5. The Balaban J connectivity index is 1.48. The van der Waals surface area contributed by atoms with Crippen molar-refractivity contribution in [1.29, 1.82) is 0 Å². The smallest absolute Gasteiger partial charge is 0.312 e. The van der Waals surface area contributed by atoms with Crippen molar-refractivity contribution in [2.24, 2.45) is 28.8 Å². The number of aliphatic hydroxyl groups excluding tert-OH is 2. The number of ketones is 1. The van der Waals surface area contributed by atoms with Crippen LogP contribution in [0.25, 0.3) is 10.8 Å². The number of allylic oxidation sites excluding steroid dienone is 2. The van der Waals surface area contributed by atoms with Crippen LogP contribution in [0.2, 0.25) is 0 Å². The van der Waals surface area contributed by atoms with Crippen LogP contribution < -0.4 is 10.1 Å². The number of anilines is 1. The molecule has 0 saturated carbocycles. The fourth-order valence-corrected chi connectivity index (χ4v) is 9.53. The number of benzene rings is 3. The average Bonchev–Trinajstić information content (AvgIpc) is 3.56. The molecular formula is C51H64N4O13. The first kappa shape index (κ1) is 51.0. The van der Waals surface area contributed by atoms with Crippen molar-refractivity contribution in [3.63, 3.8) is 0 Å². The Labute approximate surface area is 396 Å². The number of piperazine rings is 1. The van der Waals surface area contributed by atoms with Crippen LogP contribution in [0.5, 0.6) is 23.0 Å². The van der Waals surface area contributed by atoms with E-state index >= 15 is 0 Å². The maximum absolute atomic E-state index is 14.6. The Bertz CT molecular complexity index is 2550. The second kappa shape index (κ2) is 20.4. The standard InChI is InChI=1S/C51H64N4O13/c1-25-16-15-17-26(2)49(63)53-40-35(22-52-54-23-27(3)55(28(4)24-54)50(64)34-18-13-12-14-19-34)44(60)37-38(45(40)61)43(59)32(8)47-39(37)48(62)51(10,68-47)66-21-20-36(65-11)29(5)46(67-33(9)56)31(7)42(58)30(6)41(25)57/h12-22,25,27-31,36,41-42,46,57-61H,23-24H2,1-11H3,(H,53,63)/b16-15+,21-20+,26-17+,52-22-. The summed E-state index contributed by atoms with van der Waals surface area (Å²) in [4.78, 5) is 56.3. The van der Waals surface area contributed by atoms with Gasteiger partial charge in [0.25, 0.3) is 17.6 Å². The van der Waals surface area contributed by atoms with Gasteiger partial charge in [0.15, 0.2) is 5.75 Å². The third kappa shape index (κ3) is 9.78. The van der Waals surface area contributed by atoms with Crippen LogP contribution in [0, 0.1) is 30.6 Å². The van der Waals surface area contributed by atoms with E-state index in [1.807, 2.05) is 19.9 Å². The molecule has 11 atom stereocenters. The van der Waals surface area contributed by atoms with Crippen LogP contribution >= 0.6 is 0 Å². The molecule has 0 radical (unpaired) electrons. The van der Waals surface area contributed by atoms with Gasteiger partial charge in [0.2, 0.25) is 0 Å². The lowest BCUT2D eigenvalue weighted by Gasteiger charge is -2.43. The van der Waals surface area contributed by atoms with Crippen LogP contribution in [-0.4, -0.2) is 128 Å². The summed E-state index contributed by atoms with van der Waals surface area (Å²) in [5.41, 5.74) is -0.0701. The molecule has 0 aromatic heterocycles. The van der Waals surface area contributed by atoms with Crippen molar-refractivity contribution in [2.75, 3.05) is 25.5 Å². The van der Waals surface area contributed by atoms with E-state index in [2.05, 4.69) is 10.4 Å². The molecule has 7 rings (SSSR count). The van der Waals surface area contributed by atoms with E-state index in [1.54, 1.807) is 74.0 Å². The Kier molecular flexibility index (Phi) is 15.3. The van der Waals surface area contributed by atoms with Crippen molar-refractivity contribution in [1.82, 2.24) is 9.91 Å². The minimum atomic E-state index is -2.09. The highest BCUT2D eigenvalue weighted by Crippen LogP contribution is 2.55. The summed E-state index contributed by atoms with van der Waals surface area (Å²) in [6.45, 7) is 16.8. The Hall–Kier alpha value is -6.43. The van der Waals surface area contributed by atoms with E-state index in [4.69, 9.17) is 18.9 Å². The fraction of sp³-hybridized carbons (Fsp3) is 0.471. The SMILES string of the molecule is COC1/C=C/OC2(C)Oc3c(C)c(O)c4c(O)c(c(/C=N\N5CC(C)N(C(=O)c6ccccc6)C(C)C5)c(O)c4c3C2=O)NC(=O)/C(C)=C/C=C/C(C)C(O)C(C)C(O)C(C)C(OC(C)=O)C1C. The lowest BCUT2D eigenvalue weighted by molar-refractivity contribution is -0.160. The van der Waals surface area contributed by atoms with Gasteiger partial charge in [0, 0.05) is 78.8 Å². The third-order valence-corrected chi connectivity index (χ3v) is 13.5. The molecule has 1 saturated heterocycles. The van der Waals surface area contributed by atoms with Crippen LogP contribution in [0.3, 0.4) is 0 Å². The molecule has 5 bridgehead atoms. The summed E-state index contributed by atoms with van der Waals surface area (Å²) >= 11 is 0. The van der Waals surface area contributed by atoms with Gasteiger partial charge in [-0.15, -0.1) is 0 Å². The molecule has 1 fully saturated rings. The molecule has 3 aromatic rings. The summed E-state index contributed by atoms with van der Waals surface area (Å²) < 4.78 is 23.7. The normalized spacial score (nSPS) is 31.2. The number of hydrogen-bond acceptors (Lipinski definition) is 15. The molecule has 4 aliphatic rings. The van der Waals surface area contributed by atoms with Gasteiger partial charge in [-0.2, -0.15) is 5.10 Å². The number of amides is 2. The highest BCUT2D eigenvalue weighted by molar-refractivity contribution is 6.24. The quantitative estimate of drug-likeness (QED) is 0.0711. The molecule has 11 unspecified atom stereocenters. The van der Waals surface area contributed by atoms with Crippen molar-refractivity contribution in [3.05, 3.63) is 88.7 Å². The number of nitrogens with zero attached hydrogens (tertiary/aromatic N) is 3. The van der Waals surface area contributed by atoms with E-state index in [-0.39, 0.29) is 75.6 Å². The summed E-state index contributed by atoms with van der Waals surface area (Å²) in [5, 5.41) is 67.6. The number of ether oxygens (including phenoxy) is 4. The largest absolute Gasteiger partial charge is 0.507 e. The third-order valence-electron chi connectivity index (χ3n) is 13.5. The summed E-state index contributed by atoms with van der Waals surface area (Å²) in [6, 6.07) is 8.30. The second-order valence-corrected chi connectivity index (χ2v) is 18.5. The van der Waals surface area contributed by atoms with E-state index in [0.717, 1.165) is 0 Å². The molecule has 6 N–H and O–H groups in total. The van der Waals surface area contributed by atoms with E-state index in [1.165, 1.54) is 59.4 Å². The summed E-state index contributed by atoms with van der Waals surface area (Å²) in [6.07, 6.45) is 4.62. The molecule has 17 heteroatoms. The topological polar surface area (TPSA) is 237 Å². The number of carbonyl (C=O) groups excluding carboxylic acids is 4. The number of fused-ring (bicyclic) bond motifs is 14. The van der Waals surface area contributed by atoms with Gasteiger partial charge in [-0.3, -0.25) is 24.2 Å². The zero-order chi connectivity index (χ0) is 50.1. The lowest BCUT2D eigenvalue weighted by atomic mass is 9.78. The monoisotopic (exact) mass is 940 g/mol. The van der Waals surface area contributed by atoms with E-state index < -0.39 is 88.8 Å². The zero-order valence-corrected chi connectivity index (χ0v) is 40.4. The first-order valence-corrected chi connectivity index (χ1v) is 22.8. The minimum Gasteiger partial charge on any atom is -0.507 e. The summed E-state index contributed by atoms with van der Waals surface area (Å²) in [5.74, 6) is -8.94. The first-order chi connectivity index (χ1) is 32.0. The first-order valence-electron chi connectivity index (χ1n) is 22.8. The molecule has 0 aliphatic carbocycles. The number of aromatic hydroxyl groups is 3. The second-order valence-electron chi connectivity index (χ2n) is 18.5. The van der Waals surface area contributed by atoms with Crippen LogP contribution in [-0.2, 0) is 23.8 Å². The van der Waals surface area contributed by atoms with Gasteiger partial charge in [0.05, 0.1) is 66.1 Å². The average molecular weight is 941 g/mol. The van der Waals surface area contributed by atoms with Crippen LogP contribution in [0.15, 0.2) is 71.6 Å². The number of hydrogen-bond donors (Lipinski definition) is 6. The molecule has 68 heavy (non-hydrogen) atoms. The molecule has 2 amide bonds. The molecule has 3 aromatic carbocycles. The number of nitrogens with one attached hydrogen (secondary N) is 1. The number of phenols is 3. The maximum atomic E-state index is 14.6. The molecule has 0 spiro atoms. The number of Topliss-reactive ketones (excluding diaryl/α,β-unsaturated/α-hetero) is 1. The predicted octanol–water partition coefficient (Wildman–Crippen LogP) is 6.32. The van der Waals surface area contributed by atoms with E-state index in [9.17, 15) is 44.7 Å². The highest BCUT2D eigenvalue weighted by atomic mass is 16.7. The highest BCUT2D eigenvalue weighted by Gasteiger charge is 2.50. The van der Waals surface area contributed by atoms with Gasteiger partial charge < -0.3 is 54.7 Å². The van der Waals surface area contributed by atoms with Crippen LogP contribution in [0.1, 0.15) is 94.2 Å². The lowest BCUT2D eigenvalue weighted by Crippen LogP contribution is -2.57. The Morgan fingerprint density at radius 2 is 1.53 bits per heavy atom. The van der Waals surface area contributed by atoms with E-state index in [0.29, 0.717) is 5.56 Å². The molecule has 4 aliphatic heterocycles. The van der Waals surface area contributed by atoms with Crippen LogP contribution in [0.4, 0.5) is 5.69 Å². The number of phenolic OH excluding ortho intramolecular Hbond substituents is 3. The van der Waals surface area contributed by atoms with Crippen molar-refractivity contribution < 1.29 is 63.7 Å². The van der Waals surface area contributed by atoms with Crippen molar-refractivity contribution in [2.45, 2.75) is 112 Å². The molecule has 366 valence electrons. The maximum Gasteiger partial charge on any atom is 0.312 e. The van der Waals surface area contributed by atoms with Gasteiger partial charge in [-0.1, -0.05) is 64.1 Å². The van der Waals surface area contributed by atoms with Crippen molar-refractivity contribution in [3.8, 4) is 23.0 Å². The number of esters is 1. The summed E-state index contributed by atoms with van der Waals surface area (Å²) in [7, 11) is 1.43. The Morgan fingerprint density at radius 3 is 2.15 bits per heavy atom. The van der Waals surface area contributed by atoms with Crippen molar-refractivity contribution >= 4 is 46.2 Å². The minimum absolute atomic E-state index is 0.0221. The molecule has 17 nitrogen and oxygen atoms in total. The van der Waals surface area contributed by atoms with Gasteiger partial charge >= 0.3 is 11.8 Å². The number of hydrazone groups is 1. The van der Waals surface area contributed by atoms with Gasteiger partial charge in [0.1, 0.15) is 23.4 Å². The molecule has 4 heterocycles. The van der Waals surface area contributed by atoms with Gasteiger partial charge in [-0.25, -0.2) is 0 Å². The fourth-order valence-electron chi connectivity index (χ4n) is 9.53. The predicted molar refractivity (Wildman–Crippen MR) is 255 cm³/mol. The number of carbonyl (C=O) groups is 4. The number of methoxy groups -OCH3 is 1. The Morgan fingerprint density at radius 1 is 0.882 bits per heavy atom. The molecular weight excluding hydrogens is 877 g/mol. The van der Waals surface area contributed by atoms with Gasteiger partial charge in [-0.05, 0) is 45.9 Å². The number of aliphatic hydroxyl groups is 2.